The normalized spacial score (nSPS) is 15.4. The third-order valence-corrected chi connectivity index (χ3v) is 2.68. The zero-order valence-corrected chi connectivity index (χ0v) is 9.99. The number of aliphatic hydroxyl groups is 1. The van der Waals surface area contributed by atoms with E-state index in [0.29, 0.717) is 0 Å². The van der Waals surface area contributed by atoms with Crippen LogP contribution in [0, 0.1) is 19.8 Å². The molecule has 15 heavy (non-hydrogen) atoms. The molecule has 0 aliphatic carbocycles. The van der Waals surface area contributed by atoms with E-state index >= 15 is 0 Å². The van der Waals surface area contributed by atoms with Crippen LogP contribution in [-0.4, -0.2) is 11.2 Å². The molecule has 3 N–H and O–H groups in total. The molecular weight excluding hydrogens is 186 g/mol. The molecule has 0 aromatic heterocycles. The highest BCUT2D eigenvalue weighted by atomic mass is 16.3. The predicted molar refractivity (Wildman–Crippen MR) is 63.7 cm³/mol. The molecule has 84 valence electrons. The van der Waals surface area contributed by atoms with Gasteiger partial charge >= 0.3 is 0 Å². The van der Waals surface area contributed by atoms with Gasteiger partial charge < -0.3 is 10.8 Å². The number of aryl methyl sites for hydroxylation is 2. The van der Waals surface area contributed by atoms with Crippen LogP contribution in [0.3, 0.4) is 0 Å². The molecule has 2 atom stereocenters. The summed E-state index contributed by atoms with van der Waals surface area (Å²) >= 11 is 0. The van der Waals surface area contributed by atoms with E-state index < -0.39 is 6.10 Å². The molecule has 0 radical (unpaired) electrons. The van der Waals surface area contributed by atoms with Gasteiger partial charge in [0.15, 0.2) is 0 Å². The highest BCUT2D eigenvalue weighted by molar-refractivity contribution is 5.31. The average molecular weight is 207 g/mol. The van der Waals surface area contributed by atoms with Crippen molar-refractivity contribution in [2.24, 2.45) is 11.7 Å². The van der Waals surface area contributed by atoms with E-state index in [-0.39, 0.29) is 12.0 Å². The Hall–Kier alpha value is -0.860. The number of benzene rings is 1. The number of hydrogen-bond donors (Lipinski definition) is 2. The first-order valence-corrected chi connectivity index (χ1v) is 5.43. The molecule has 1 aromatic rings. The predicted octanol–water partition coefficient (Wildman–Crippen LogP) is 2.32. The van der Waals surface area contributed by atoms with Crippen LogP contribution in [0.5, 0.6) is 0 Å². The lowest BCUT2D eigenvalue weighted by Crippen LogP contribution is -2.30. The van der Waals surface area contributed by atoms with Crippen LogP contribution in [0.15, 0.2) is 18.2 Å². The molecule has 0 unspecified atom stereocenters. The first-order chi connectivity index (χ1) is 6.91. The molecule has 0 bridgehead atoms. The van der Waals surface area contributed by atoms with Gasteiger partial charge in [-0.2, -0.15) is 0 Å². The molecule has 0 fully saturated rings. The highest BCUT2D eigenvalue weighted by Crippen LogP contribution is 2.21. The Morgan fingerprint density at radius 2 is 1.53 bits per heavy atom. The standard InChI is InChI=1S/C13H21NO/c1-8(2)13(15)12(14)11-6-9(3)5-10(4)7-11/h5-8,12-13,15H,14H2,1-4H3/t12-,13+/m0/s1. The molecule has 0 amide bonds. The number of nitrogens with two attached hydrogens (primary N) is 1. The lowest BCUT2D eigenvalue weighted by atomic mass is 9.92. The summed E-state index contributed by atoms with van der Waals surface area (Å²) in [5.41, 5.74) is 9.43. The van der Waals surface area contributed by atoms with Crippen LogP contribution < -0.4 is 5.73 Å². The van der Waals surface area contributed by atoms with Gasteiger partial charge in [0.05, 0.1) is 12.1 Å². The van der Waals surface area contributed by atoms with Gasteiger partial charge in [0.25, 0.3) is 0 Å². The summed E-state index contributed by atoms with van der Waals surface area (Å²) in [6, 6.07) is 5.91. The van der Waals surface area contributed by atoms with E-state index in [2.05, 4.69) is 6.07 Å². The summed E-state index contributed by atoms with van der Waals surface area (Å²) in [6.45, 7) is 8.05. The Labute approximate surface area is 92.1 Å². The molecule has 2 heteroatoms. The van der Waals surface area contributed by atoms with Gasteiger partial charge in [-0.15, -0.1) is 0 Å². The second-order valence-electron chi connectivity index (χ2n) is 4.68. The van der Waals surface area contributed by atoms with Crippen LogP contribution in [0.2, 0.25) is 0 Å². The van der Waals surface area contributed by atoms with Gasteiger partial charge in [0.2, 0.25) is 0 Å². The molecule has 0 saturated heterocycles. The van der Waals surface area contributed by atoms with Crippen molar-refractivity contribution in [3.8, 4) is 0 Å². The zero-order valence-electron chi connectivity index (χ0n) is 9.99. The first kappa shape index (κ1) is 12.2. The molecular formula is C13H21NO. The number of hydrogen-bond acceptors (Lipinski definition) is 2. The van der Waals surface area contributed by atoms with Gasteiger partial charge in [0.1, 0.15) is 0 Å². The van der Waals surface area contributed by atoms with Crippen molar-refractivity contribution in [3.05, 3.63) is 34.9 Å². The van der Waals surface area contributed by atoms with Crippen LogP contribution in [-0.2, 0) is 0 Å². The summed E-state index contributed by atoms with van der Waals surface area (Å²) in [4.78, 5) is 0. The van der Waals surface area contributed by atoms with Crippen molar-refractivity contribution >= 4 is 0 Å². The van der Waals surface area contributed by atoms with E-state index in [9.17, 15) is 5.11 Å². The molecule has 0 saturated carbocycles. The first-order valence-electron chi connectivity index (χ1n) is 5.43. The van der Waals surface area contributed by atoms with E-state index in [1.807, 2.05) is 39.8 Å². The topological polar surface area (TPSA) is 46.2 Å². The Bertz CT molecular complexity index is 313. The fourth-order valence-corrected chi connectivity index (χ4v) is 1.81. The van der Waals surface area contributed by atoms with Crippen LogP contribution in [0.25, 0.3) is 0 Å². The van der Waals surface area contributed by atoms with Crippen LogP contribution >= 0.6 is 0 Å². The SMILES string of the molecule is Cc1cc(C)cc([C@H](N)[C@H](O)C(C)C)c1. The minimum Gasteiger partial charge on any atom is -0.391 e. The lowest BCUT2D eigenvalue weighted by molar-refractivity contribution is 0.0979. The molecule has 1 aromatic carbocycles. The zero-order chi connectivity index (χ0) is 11.6. The maximum absolute atomic E-state index is 9.91. The van der Waals surface area contributed by atoms with E-state index in [4.69, 9.17) is 5.73 Å². The molecule has 0 aliphatic heterocycles. The summed E-state index contributed by atoms with van der Waals surface area (Å²) in [6.07, 6.45) is -0.480. The van der Waals surface area contributed by atoms with Crippen LogP contribution in [0.1, 0.15) is 36.6 Å². The van der Waals surface area contributed by atoms with Gasteiger partial charge in [0, 0.05) is 0 Å². The maximum Gasteiger partial charge on any atom is 0.0755 e. The lowest BCUT2D eigenvalue weighted by Gasteiger charge is -2.23. The minimum absolute atomic E-state index is 0.181. The molecule has 2 nitrogen and oxygen atoms in total. The van der Waals surface area contributed by atoms with Gasteiger partial charge in [-0.05, 0) is 25.3 Å². The third kappa shape index (κ3) is 3.05. The van der Waals surface area contributed by atoms with Crippen molar-refractivity contribution < 1.29 is 5.11 Å². The van der Waals surface area contributed by atoms with Crippen molar-refractivity contribution in [3.63, 3.8) is 0 Å². The maximum atomic E-state index is 9.91. The van der Waals surface area contributed by atoms with Crippen molar-refractivity contribution in [1.82, 2.24) is 0 Å². The monoisotopic (exact) mass is 207 g/mol. The molecule has 1 rings (SSSR count). The van der Waals surface area contributed by atoms with Gasteiger partial charge in [-0.1, -0.05) is 43.2 Å². The van der Waals surface area contributed by atoms with E-state index in [1.165, 1.54) is 11.1 Å². The second kappa shape index (κ2) is 4.77. The summed E-state index contributed by atoms with van der Waals surface area (Å²) < 4.78 is 0. The summed E-state index contributed by atoms with van der Waals surface area (Å²) in [5, 5.41) is 9.91. The fraction of sp³-hybridized carbons (Fsp3) is 0.538. The Balaban J connectivity index is 2.95. The van der Waals surface area contributed by atoms with Gasteiger partial charge in [-0.25, -0.2) is 0 Å². The third-order valence-electron chi connectivity index (χ3n) is 2.68. The van der Waals surface area contributed by atoms with Crippen molar-refractivity contribution in [2.45, 2.75) is 39.8 Å². The Morgan fingerprint density at radius 3 is 1.93 bits per heavy atom. The van der Waals surface area contributed by atoms with Crippen LogP contribution in [0.4, 0.5) is 0 Å². The van der Waals surface area contributed by atoms with Gasteiger partial charge in [-0.3, -0.25) is 0 Å². The number of rotatable bonds is 3. The smallest absolute Gasteiger partial charge is 0.0755 e. The summed E-state index contributed by atoms with van der Waals surface area (Å²) in [5.74, 6) is 0.181. The average Bonchev–Trinajstić information content (AvgIpc) is 2.13. The second-order valence-corrected chi connectivity index (χ2v) is 4.68. The van der Waals surface area contributed by atoms with Crippen molar-refractivity contribution in [2.75, 3.05) is 0 Å². The molecule has 0 spiro atoms. The fourth-order valence-electron chi connectivity index (χ4n) is 1.81. The quantitative estimate of drug-likeness (QED) is 0.799. The molecule has 0 heterocycles. The van der Waals surface area contributed by atoms with E-state index in [0.717, 1.165) is 5.56 Å². The Morgan fingerprint density at radius 1 is 1.07 bits per heavy atom. The number of aliphatic hydroxyl groups excluding tert-OH is 1. The van der Waals surface area contributed by atoms with Crippen molar-refractivity contribution in [1.29, 1.82) is 0 Å². The molecule has 0 aliphatic rings. The summed E-state index contributed by atoms with van der Waals surface area (Å²) in [7, 11) is 0. The minimum atomic E-state index is -0.480. The highest BCUT2D eigenvalue weighted by Gasteiger charge is 2.20. The Kier molecular flexibility index (Phi) is 3.89. The van der Waals surface area contributed by atoms with E-state index in [1.54, 1.807) is 0 Å². The largest absolute Gasteiger partial charge is 0.391 e.